The predicted molar refractivity (Wildman–Crippen MR) is 129 cm³/mol. The highest BCUT2D eigenvalue weighted by molar-refractivity contribution is 7.89. The highest BCUT2D eigenvalue weighted by Gasteiger charge is 2.16. The Morgan fingerprint density at radius 3 is 2.27 bits per heavy atom. The maximum atomic E-state index is 12.7. The molecule has 174 valence electrons. The van der Waals surface area contributed by atoms with Crippen LogP contribution in [-0.2, 0) is 16.4 Å². The topological polar surface area (TPSA) is 93.7 Å². The van der Waals surface area contributed by atoms with Crippen LogP contribution in [0.1, 0.15) is 21.5 Å². The second kappa shape index (κ2) is 10.7. The molecule has 33 heavy (non-hydrogen) atoms. The fraction of sp³-hybridized carbons (Fsp3) is 0.208. The molecule has 9 heteroatoms. The van der Waals surface area contributed by atoms with Crippen molar-refractivity contribution in [2.75, 3.05) is 26.1 Å². The SMILES string of the molecule is COc1ccc(CCNS(=O)(=O)c2ccc(NC(=O)c3ccc(Cl)cc3)c(C)c2)cc1OC. The van der Waals surface area contributed by atoms with Crippen LogP contribution < -0.4 is 19.5 Å². The van der Waals surface area contributed by atoms with Crippen LogP contribution in [0.5, 0.6) is 11.5 Å². The third kappa shape index (κ3) is 6.25. The van der Waals surface area contributed by atoms with Gasteiger partial charge in [0.2, 0.25) is 10.0 Å². The lowest BCUT2D eigenvalue weighted by molar-refractivity contribution is 0.102. The number of hydrogen-bond acceptors (Lipinski definition) is 5. The molecule has 0 saturated heterocycles. The summed E-state index contributed by atoms with van der Waals surface area (Å²) in [5, 5.41) is 3.33. The zero-order valence-electron chi connectivity index (χ0n) is 18.5. The molecule has 3 rings (SSSR count). The first kappa shape index (κ1) is 24.6. The van der Waals surface area contributed by atoms with Gasteiger partial charge in [-0.3, -0.25) is 4.79 Å². The number of methoxy groups -OCH3 is 2. The Kier molecular flexibility index (Phi) is 7.97. The van der Waals surface area contributed by atoms with Gasteiger partial charge >= 0.3 is 0 Å². The van der Waals surface area contributed by atoms with E-state index in [2.05, 4.69) is 10.0 Å². The Hall–Kier alpha value is -3.07. The molecule has 0 bridgehead atoms. The second-order valence-corrected chi connectivity index (χ2v) is 9.48. The Balaban J connectivity index is 1.64. The zero-order valence-corrected chi connectivity index (χ0v) is 20.1. The van der Waals surface area contributed by atoms with Gasteiger partial charge in [0.1, 0.15) is 0 Å². The lowest BCUT2D eigenvalue weighted by atomic mass is 10.1. The van der Waals surface area contributed by atoms with E-state index < -0.39 is 10.0 Å². The molecule has 0 saturated carbocycles. The minimum Gasteiger partial charge on any atom is -0.493 e. The maximum Gasteiger partial charge on any atom is 0.255 e. The molecule has 7 nitrogen and oxygen atoms in total. The van der Waals surface area contributed by atoms with Gasteiger partial charge in [-0.15, -0.1) is 0 Å². The summed E-state index contributed by atoms with van der Waals surface area (Å²) in [7, 11) is -0.610. The first-order chi connectivity index (χ1) is 15.7. The fourth-order valence-corrected chi connectivity index (χ4v) is 4.43. The van der Waals surface area contributed by atoms with E-state index >= 15 is 0 Å². The van der Waals surface area contributed by atoms with Gasteiger partial charge < -0.3 is 14.8 Å². The van der Waals surface area contributed by atoms with Crippen molar-refractivity contribution in [3.05, 3.63) is 82.4 Å². The summed E-state index contributed by atoms with van der Waals surface area (Å²) in [6.45, 7) is 1.95. The number of benzene rings is 3. The van der Waals surface area contributed by atoms with Gasteiger partial charge in [0.15, 0.2) is 11.5 Å². The molecule has 0 radical (unpaired) electrons. The van der Waals surface area contributed by atoms with Gasteiger partial charge in [0.25, 0.3) is 5.91 Å². The number of halogens is 1. The van der Waals surface area contributed by atoms with E-state index in [-0.39, 0.29) is 17.3 Å². The number of aryl methyl sites for hydroxylation is 1. The number of carbonyl (C=O) groups is 1. The van der Waals surface area contributed by atoms with E-state index in [1.165, 1.54) is 12.1 Å². The Morgan fingerprint density at radius 1 is 0.939 bits per heavy atom. The van der Waals surface area contributed by atoms with Gasteiger partial charge in [0, 0.05) is 22.8 Å². The van der Waals surface area contributed by atoms with Crippen molar-refractivity contribution < 1.29 is 22.7 Å². The fourth-order valence-electron chi connectivity index (χ4n) is 3.19. The van der Waals surface area contributed by atoms with Crippen LogP contribution in [-0.4, -0.2) is 35.1 Å². The minimum atomic E-state index is -3.72. The molecule has 3 aromatic carbocycles. The smallest absolute Gasteiger partial charge is 0.255 e. The van der Waals surface area contributed by atoms with Crippen LogP contribution >= 0.6 is 11.6 Å². The first-order valence-corrected chi connectivity index (χ1v) is 12.0. The molecule has 0 heterocycles. The van der Waals surface area contributed by atoms with Gasteiger partial charge in [-0.2, -0.15) is 0 Å². The van der Waals surface area contributed by atoms with Crippen LogP contribution in [0.2, 0.25) is 5.02 Å². The number of carbonyl (C=O) groups excluding carboxylic acids is 1. The predicted octanol–water partition coefficient (Wildman–Crippen LogP) is 4.44. The van der Waals surface area contributed by atoms with Crippen LogP contribution in [0.15, 0.2) is 65.6 Å². The molecular formula is C24H25ClN2O5S. The average molecular weight is 489 g/mol. The lowest BCUT2D eigenvalue weighted by Gasteiger charge is -2.12. The van der Waals surface area contributed by atoms with E-state index in [9.17, 15) is 13.2 Å². The molecule has 0 aliphatic heterocycles. The summed E-state index contributed by atoms with van der Waals surface area (Å²) in [5.74, 6) is 0.892. The molecule has 0 unspecified atom stereocenters. The van der Waals surface area contributed by atoms with Crippen molar-refractivity contribution in [3.63, 3.8) is 0 Å². The van der Waals surface area contributed by atoms with E-state index in [4.69, 9.17) is 21.1 Å². The van der Waals surface area contributed by atoms with Gasteiger partial charge in [-0.25, -0.2) is 13.1 Å². The van der Waals surface area contributed by atoms with E-state index in [1.54, 1.807) is 57.5 Å². The standard InChI is InChI=1S/C24H25ClN2O5S/c1-16-14-20(9-10-21(16)27-24(28)18-5-7-19(25)8-6-18)33(29,30)26-13-12-17-4-11-22(31-2)23(15-17)32-3/h4-11,14-15,26H,12-13H2,1-3H3,(H,27,28). The van der Waals surface area contributed by atoms with Crippen molar-refractivity contribution >= 4 is 33.2 Å². The number of ether oxygens (including phenoxy) is 2. The number of anilines is 1. The Bertz CT molecular complexity index is 1240. The van der Waals surface area contributed by atoms with Crippen LogP contribution in [0, 0.1) is 6.92 Å². The molecule has 0 aromatic heterocycles. The highest BCUT2D eigenvalue weighted by atomic mass is 35.5. The summed E-state index contributed by atoms with van der Waals surface area (Å²) < 4.78 is 38.6. The van der Waals surface area contributed by atoms with Crippen molar-refractivity contribution in [1.29, 1.82) is 0 Å². The van der Waals surface area contributed by atoms with Crippen molar-refractivity contribution in [2.24, 2.45) is 0 Å². The third-order valence-electron chi connectivity index (χ3n) is 5.02. The first-order valence-electron chi connectivity index (χ1n) is 10.1. The summed E-state index contributed by atoms with van der Waals surface area (Å²) in [4.78, 5) is 12.5. The lowest BCUT2D eigenvalue weighted by Crippen LogP contribution is -2.26. The van der Waals surface area contributed by atoms with Gasteiger partial charge in [-0.05, 0) is 79.1 Å². The van der Waals surface area contributed by atoms with E-state index in [0.717, 1.165) is 5.56 Å². The zero-order chi connectivity index (χ0) is 24.0. The summed E-state index contributed by atoms with van der Waals surface area (Å²) in [5.41, 5.74) is 2.51. The van der Waals surface area contributed by atoms with Gasteiger partial charge in [-0.1, -0.05) is 17.7 Å². The summed E-state index contributed by atoms with van der Waals surface area (Å²) >= 11 is 5.85. The maximum absolute atomic E-state index is 12.7. The normalized spacial score (nSPS) is 11.2. The monoisotopic (exact) mass is 488 g/mol. The number of nitrogens with one attached hydrogen (secondary N) is 2. The van der Waals surface area contributed by atoms with Crippen molar-refractivity contribution in [3.8, 4) is 11.5 Å². The quantitative estimate of drug-likeness (QED) is 0.464. The number of rotatable bonds is 9. The molecule has 0 aliphatic carbocycles. The Labute approximate surface area is 198 Å². The van der Waals surface area contributed by atoms with Gasteiger partial charge in [0.05, 0.1) is 19.1 Å². The molecule has 0 aliphatic rings. The molecule has 0 fully saturated rings. The summed E-state index contributed by atoms with van der Waals surface area (Å²) in [6.07, 6.45) is 0.480. The molecule has 1 amide bonds. The van der Waals surface area contributed by atoms with E-state index in [1.807, 2.05) is 12.1 Å². The third-order valence-corrected chi connectivity index (χ3v) is 6.73. The van der Waals surface area contributed by atoms with Crippen molar-refractivity contribution in [1.82, 2.24) is 4.72 Å². The van der Waals surface area contributed by atoms with Crippen LogP contribution in [0.3, 0.4) is 0 Å². The molecular weight excluding hydrogens is 464 g/mol. The second-order valence-electron chi connectivity index (χ2n) is 7.27. The van der Waals surface area contributed by atoms with E-state index in [0.29, 0.717) is 39.8 Å². The van der Waals surface area contributed by atoms with Crippen LogP contribution in [0.25, 0.3) is 0 Å². The largest absolute Gasteiger partial charge is 0.493 e. The average Bonchev–Trinajstić information content (AvgIpc) is 2.80. The van der Waals surface area contributed by atoms with Crippen LogP contribution in [0.4, 0.5) is 5.69 Å². The molecule has 0 atom stereocenters. The number of amides is 1. The molecule has 3 aromatic rings. The molecule has 0 spiro atoms. The number of sulfonamides is 1. The van der Waals surface area contributed by atoms with Crippen molar-refractivity contribution in [2.45, 2.75) is 18.2 Å². The Morgan fingerprint density at radius 2 is 1.64 bits per heavy atom. The molecule has 2 N–H and O–H groups in total. The highest BCUT2D eigenvalue weighted by Crippen LogP contribution is 2.27. The minimum absolute atomic E-state index is 0.122. The summed E-state index contributed by atoms with van der Waals surface area (Å²) in [6, 6.07) is 16.5. The number of hydrogen-bond donors (Lipinski definition) is 2.